The molecule has 0 amide bonds. The second-order valence-electron chi connectivity index (χ2n) is 4.62. The molecule has 0 bridgehead atoms. The van der Waals surface area contributed by atoms with E-state index in [2.05, 4.69) is 10.1 Å². The fourth-order valence-electron chi connectivity index (χ4n) is 2.35. The van der Waals surface area contributed by atoms with Crippen LogP contribution in [0.2, 0.25) is 0 Å². The van der Waals surface area contributed by atoms with Gasteiger partial charge in [0.05, 0.1) is 7.11 Å². The summed E-state index contributed by atoms with van der Waals surface area (Å²) in [7, 11) is 1.27. The minimum Gasteiger partial charge on any atom is -0.467 e. The van der Waals surface area contributed by atoms with Gasteiger partial charge in [-0.05, 0) is 43.0 Å². The minimum absolute atomic E-state index is 0.579. The fourth-order valence-corrected chi connectivity index (χ4v) is 2.35. The van der Waals surface area contributed by atoms with E-state index in [4.69, 9.17) is 0 Å². The molecule has 1 unspecified atom stereocenters. The van der Waals surface area contributed by atoms with E-state index in [1.807, 2.05) is 12.1 Å². The maximum absolute atomic E-state index is 11.2. The number of carbonyl (C=O) groups excluding carboxylic acids is 1. The highest BCUT2D eigenvalue weighted by atomic mass is 16.5. The third-order valence-electron chi connectivity index (χ3n) is 3.49. The van der Waals surface area contributed by atoms with Gasteiger partial charge in [0.25, 0.3) is 0 Å². The predicted molar refractivity (Wildman–Crippen MR) is 68.3 cm³/mol. The van der Waals surface area contributed by atoms with Crippen molar-refractivity contribution in [2.24, 2.45) is 0 Å². The van der Waals surface area contributed by atoms with Crippen molar-refractivity contribution in [1.82, 2.24) is 5.32 Å². The number of hydrogen-bond acceptors (Lipinski definition) is 4. The average Bonchev–Trinajstić information content (AvgIpc) is 2.47. The highest BCUT2D eigenvalue weighted by molar-refractivity contribution is 5.76. The number of aliphatic hydroxyl groups is 1. The maximum Gasteiger partial charge on any atom is 0.339 e. The first kappa shape index (κ1) is 13.1. The highest BCUT2D eigenvalue weighted by Crippen LogP contribution is 2.26. The van der Waals surface area contributed by atoms with Gasteiger partial charge in [-0.1, -0.05) is 24.3 Å². The lowest BCUT2D eigenvalue weighted by Gasteiger charge is -2.23. The molecule has 2 rings (SSSR count). The third-order valence-corrected chi connectivity index (χ3v) is 3.49. The largest absolute Gasteiger partial charge is 0.467 e. The molecule has 1 aromatic carbocycles. The van der Waals surface area contributed by atoms with Crippen LogP contribution in [0.4, 0.5) is 0 Å². The second kappa shape index (κ2) is 5.98. The summed E-state index contributed by atoms with van der Waals surface area (Å²) in [6, 6.07) is 7.60. The molecule has 4 nitrogen and oxygen atoms in total. The van der Waals surface area contributed by atoms with E-state index in [1.165, 1.54) is 12.7 Å². The van der Waals surface area contributed by atoms with Crippen LogP contribution < -0.4 is 5.32 Å². The zero-order chi connectivity index (χ0) is 13.0. The fraction of sp³-hybridized carbons (Fsp3) is 0.500. The number of nitrogens with one attached hydrogen (secondary N) is 1. The molecule has 0 radical (unpaired) electrons. The Balaban J connectivity index is 2.07. The number of esters is 1. The van der Waals surface area contributed by atoms with E-state index < -0.39 is 12.1 Å². The summed E-state index contributed by atoms with van der Waals surface area (Å²) in [5.41, 5.74) is 1.86. The minimum atomic E-state index is -1.18. The van der Waals surface area contributed by atoms with Crippen molar-refractivity contribution >= 4 is 5.97 Å². The van der Waals surface area contributed by atoms with E-state index in [0.29, 0.717) is 11.5 Å². The van der Waals surface area contributed by atoms with Crippen molar-refractivity contribution in [3.8, 4) is 0 Å². The first-order valence-electron chi connectivity index (χ1n) is 6.29. The molecule has 4 heteroatoms. The highest BCUT2D eigenvalue weighted by Gasteiger charge is 2.19. The SMILES string of the molecule is COC(=O)C(O)c1ccc(C2CCNCC2)cc1. The van der Waals surface area contributed by atoms with Crippen molar-refractivity contribution in [1.29, 1.82) is 0 Å². The summed E-state index contributed by atoms with van der Waals surface area (Å²) >= 11 is 0. The summed E-state index contributed by atoms with van der Waals surface area (Å²) in [5, 5.41) is 13.0. The zero-order valence-electron chi connectivity index (χ0n) is 10.6. The van der Waals surface area contributed by atoms with E-state index >= 15 is 0 Å². The van der Waals surface area contributed by atoms with Gasteiger partial charge in [-0.2, -0.15) is 0 Å². The Labute approximate surface area is 107 Å². The number of benzene rings is 1. The van der Waals surface area contributed by atoms with Crippen LogP contribution in [0.15, 0.2) is 24.3 Å². The van der Waals surface area contributed by atoms with Crippen LogP contribution >= 0.6 is 0 Å². The van der Waals surface area contributed by atoms with Crippen LogP contribution in [-0.2, 0) is 9.53 Å². The molecule has 0 spiro atoms. The molecule has 0 aliphatic carbocycles. The standard InChI is InChI=1S/C14H19NO3/c1-18-14(17)13(16)12-4-2-10(3-5-12)11-6-8-15-9-7-11/h2-5,11,13,15-16H,6-9H2,1H3. The number of piperidine rings is 1. The Morgan fingerprint density at radius 1 is 1.33 bits per heavy atom. The Morgan fingerprint density at radius 3 is 2.50 bits per heavy atom. The first-order chi connectivity index (χ1) is 8.72. The molecule has 0 aromatic heterocycles. The van der Waals surface area contributed by atoms with Gasteiger partial charge in [0, 0.05) is 0 Å². The number of ether oxygens (including phenoxy) is 1. The number of rotatable bonds is 3. The summed E-state index contributed by atoms with van der Waals surface area (Å²) in [4.78, 5) is 11.2. The molecule has 1 heterocycles. The Bertz CT molecular complexity index is 396. The monoisotopic (exact) mass is 249 g/mol. The van der Waals surface area contributed by atoms with Gasteiger partial charge in [0.1, 0.15) is 0 Å². The lowest BCUT2D eigenvalue weighted by Crippen LogP contribution is -2.26. The summed E-state index contributed by atoms with van der Waals surface area (Å²) < 4.78 is 4.52. The average molecular weight is 249 g/mol. The van der Waals surface area contributed by atoms with E-state index in [9.17, 15) is 9.90 Å². The van der Waals surface area contributed by atoms with E-state index in [1.54, 1.807) is 12.1 Å². The Hall–Kier alpha value is -1.39. The van der Waals surface area contributed by atoms with Crippen LogP contribution in [0.1, 0.15) is 36.0 Å². The van der Waals surface area contributed by atoms with Crippen molar-refractivity contribution < 1.29 is 14.6 Å². The smallest absolute Gasteiger partial charge is 0.339 e. The van der Waals surface area contributed by atoms with Crippen LogP contribution in [-0.4, -0.2) is 31.3 Å². The molecule has 18 heavy (non-hydrogen) atoms. The molecule has 1 aliphatic heterocycles. The predicted octanol–water partition coefficient (Wildman–Crippen LogP) is 1.36. The van der Waals surface area contributed by atoms with Crippen molar-refractivity contribution in [3.63, 3.8) is 0 Å². The van der Waals surface area contributed by atoms with Gasteiger partial charge in [0.15, 0.2) is 6.10 Å². The number of carbonyl (C=O) groups is 1. The third kappa shape index (κ3) is 2.89. The lowest BCUT2D eigenvalue weighted by atomic mass is 9.89. The van der Waals surface area contributed by atoms with Gasteiger partial charge < -0.3 is 15.2 Å². The molecule has 98 valence electrons. The summed E-state index contributed by atoms with van der Waals surface area (Å²) in [6.07, 6.45) is 1.09. The second-order valence-corrected chi connectivity index (χ2v) is 4.62. The zero-order valence-corrected chi connectivity index (χ0v) is 10.6. The molecule has 1 aromatic rings. The molecule has 1 aliphatic rings. The molecular formula is C14H19NO3. The lowest BCUT2D eigenvalue weighted by molar-refractivity contribution is -0.150. The molecule has 1 saturated heterocycles. The molecule has 1 fully saturated rings. The van der Waals surface area contributed by atoms with Crippen LogP contribution in [0.3, 0.4) is 0 Å². The van der Waals surface area contributed by atoms with Gasteiger partial charge in [-0.3, -0.25) is 0 Å². The Morgan fingerprint density at radius 2 is 1.94 bits per heavy atom. The summed E-state index contributed by atoms with van der Waals surface area (Å²) in [5.74, 6) is -0.0415. The molecule has 2 N–H and O–H groups in total. The van der Waals surface area contributed by atoms with Crippen LogP contribution in [0.25, 0.3) is 0 Å². The van der Waals surface area contributed by atoms with E-state index in [0.717, 1.165) is 25.9 Å². The van der Waals surface area contributed by atoms with Gasteiger partial charge >= 0.3 is 5.97 Å². The van der Waals surface area contributed by atoms with Gasteiger partial charge in [-0.25, -0.2) is 4.79 Å². The van der Waals surface area contributed by atoms with Crippen LogP contribution in [0.5, 0.6) is 0 Å². The van der Waals surface area contributed by atoms with E-state index in [-0.39, 0.29) is 0 Å². The normalized spacial score (nSPS) is 18.3. The van der Waals surface area contributed by atoms with Gasteiger partial charge in [0.2, 0.25) is 0 Å². The van der Waals surface area contributed by atoms with Crippen molar-refractivity contribution in [2.75, 3.05) is 20.2 Å². The molecule has 1 atom stereocenters. The van der Waals surface area contributed by atoms with Crippen molar-refractivity contribution in [2.45, 2.75) is 24.9 Å². The summed E-state index contributed by atoms with van der Waals surface area (Å²) in [6.45, 7) is 2.11. The topological polar surface area (TPSA) is 58.6 Å². The number of hydrogen-bond donors (Lipinski definition) is 2. The first-order valence-corrected chi connectivity index (χ1v) is 6.29. The quantitative estimate of drug-likeness (QED) is 0.794. The Kier molecular flexibility index (Phi) is 4.33. The van der Waals surface area contributed by atoms with Crippen LogP contribution in [0, 0.1) is 0 Å². The van der Waals surface area contributed by atoms with Crippen molar-refractivity contribution in [3.05, 3.63) is 35.4 Å². The maximum atomic E-state index is 11.2. The van der Waals surface area contributed by atoms with Gasteiger partial charge in [-0.15, -0.1) is 0 Å². The molecular weight excluding hydrogens is 230 g/mol. The molecule has 0 saturated carbocycles. The number of aliphatic hydroxyl groups excluding tert-OH is 1. The number of methoxy groups -OCH3 is 1.